The van der Waals surface area contributed by atoms with E-state index in [4.69, 9.17) is 4.74 Å². The first-order valence-corrected chi connectivity index (χ1v) is 11.6. The van der Waals surface area contributed by atoms with Crippen LogP contribution in [0.3, 0.4) is 0 Å². The molecule has 3 aliphatic heterocycles. The highest BCUT2D eigenvalue weighted by molar-refractivity contribution is 5.70. The molecule has 6 heteroatoms. The van der Waals surface area contributed by atoms with E-state index in [0.29, 0.717) is 11.5 Å². The van der Waals surface area contributed by atoms with Crippen molar-refractivity contribution < 1.29 is 18.3 Å². The van der Waals surface area contributed by atoms with E-state index in [1.165, 1.54) is 12.1 Å². The topological polar surface area (TPSA) is 41.6 Å². The highest BCUT2D eigenvalue weighted by Crippen LogP contribution is 2.44. The maximum Gasteiger partial charge on any atom is 0.407 e. The molecule has 0 radical (unpaired) electrons. The minimum atomic E-state index is -0.589. The Morgan fingerprint density at radius 2 is 1.78 bits per heavy atom. The number of aryl methyl sites for hydroxylation is 1. The number of piperidine rings is 3. The van der Waals surface area contributed by atoms with E-state index in [-0.39, 0.29) is 23.7 Å². The van der Waals surface area contributed by atoms with Crippen molar-refractivity contribution in [2.24, 2.45) is 11.3 Å². The van der Waals surface area contributed by atoms with E-state index in [1.54, 1.807) is 0 Å². The first-order chi connectivity index (χ1) is 15.3. The summed E-state index contributed by atoms with van der Waals surface area (Å²) in [7, 11) is 0. The van der Waals surface area contributed by atoms with Gasteiger partial charge in [0.25, 0.3) is 0 Å². The Morgan fingerprint density at radius 3 is 2.44 bits per heavy atom. The van der Waals surface area contributed by atoms with Crippen molar-refractivity contribution in [2.45, 2.75) is 51.7 Å². The number of amides is 1. The molecule has 3 heterocycles. The lowest BCUT2D eigenvalue weighted by Gasteiger charge is -2.44. The summed E-state index contributed by atoms with van der Waals surface area (Å²) in [6.07, 6.45) is 3.55. The van der Waals surface area contributed by atoms with Crippen molar-refractivity contribution in [3.63, 3.8) is 0 Å². The molecule has 3 fully saturated rings. The van der Waals surface area contributed by atoms with Crippen LogP contribution in [0, 0.1) is 23.0 Å². The van der Waals surface area contributed by atoms with E-state index < -0.39 is 11.6 Å². The largest absolute Gasteiger partial charge is 0.445 e. The number of halogens is 2. The van der Waals surface area contributed by atoms with Gasteiger partial charge < -0.3 is 10.1 Å². The summed E-state index contributed by atoms with van der Waals surface area (Å²) in [6.45, 7) is 7.35. The molecule has 0 saturated carbocycles. The van der Waals surface area contributed by atoms with Gasteiger partial charge in [-0.05, 0) is 84.5 Å². The first kappa shape index (κ1) is 21.4. The molecule has 1 amide bonds. The Balaban J connectivity index is 1.36. The van der Waals surface area contributed by atoms with Crippen LogP contribution in [0.15, 0.2) is 36.4 Å². The maximum absolute atomic E-state index is 13.7. The summed E-state index contributed by atoms with van der Waals surface area (Å²) in [5, 5.41) is 3.15. The lowest BCUT2D eigenvalue weighted by Crippen LogP contribution is -2.53. The van der Waals surface area contributed by atoms with Gasteiger partial charge in [0, 0.05) is 12.6 Å². The number of alkyl carbamates (subject to hydrolysis) is 1. The molecular weight excluding hydrogens is 410 g/mol. The summed E-state index contributed by atoms with van der Waals surface area (Å²) >= 11 is 0. The average Bonchev–Trinajstić information content (AvgIpc) is 2.75. The quantitative estimate of drug-likeness (QED) is 0.689. The van der Waals surface area contributed by atoms with Crippen LogP contribution in [0.5, 0.6) is 0 Å². The fourth-order valence-electron chi connectivity index (χ4n) is 5.63. The predicted molar refractivity (Wildman–Crippen MR) is 119 cm³/mol. The van der Waals surface area contributed by atoms with Gasteiger partial charge in [-0.3, -0.25) is 4.90 Å². The number of rotatable bonds is 3. The van der Waals surface area contributed by atoms with Gasteiger partial charge in [0.15, 0.2) is 0 Å². The van der Waals surface area contributed by atoms with Crippen LogP contribution in [0.2, 0.25) is 0 Å². The van der Waals surface area contributed by atoms with Crippen molar-refractivity contribution >= 4 is 6.09 Å². The number of benzene rings is 2. The smallest absolute Gasteiger partial charge is 0.407 e. The van der Waals surface area contributed by atoms with Gasteiger partial charge in [-0.2, -0.15) is 0 Å². The molecule has 2 bridgehead atoms. The Labute approximate surface area is 187 Å². The minimum Gasteiger partial charge on any atom is -0.445 e. The fraction of sp³-hybridized carbons (Fsp3) is 0.500. The molecule has 4 nitrogen and oxygen atoms in total. The van der Waals surface area contributed by atoms with Gasteiger partial charge in [-0.25, -0.2) is 13.6 Å². The van der Waals surface area contributed by atoms with Crippen LogP contribution in [0.25, 0.3) is 11.1 Å². The monoisotopic (exact) mass is 440 g/mol. The number of hydrogen-bond donors (Lipinski definition) is 1. The van der Waals surface area contributed by atoms with Gasteiger partial charge in [-0.1, -0.05) is 32.0 Å². The molecule has 2 aromatic carbocycles. The first-order valence-electron chi connectivity index (χ1n) is 11.6. The Hall–Kier alpha value is -2.47. The van der Waals surface area contributed by atoms with E-state index in [2.05, 4.69) is 24.1 Å². The highest BCUT2D eigenvalue weighted by atomic mass is 19.1. The van der Waals surface area contributed by atoms with Gasteiger partial charge in [0.2, 0.25) is 0 Å². The molecule has 2 aromatic rings. The second-order valence-corrected chi connectivity index (χ2v) is 10.2. The standard InChI is InChI=1S/C26H30F2N2O2/c1-26(2)8-5-18-11-17(19-12-20(27)14-21(28)13-19)3-4-22(18)24(26)29-25(31)32-23-15-30-9-6-16(23)7-10-30/h3-4,11-14,16,23-24H,5-10,15H2,1-2H3,(H,29,31)/t23-,24?/m0/s1. The van der Waals surface area contributed by atoms with Crippen molar-refractivity contribution in [3.8, 4) is 11.1 Å². The third-order valence-electron chi connectivity index (χ3n) is 7.59. The molecule has 32 heavy (non-hydrogen) atoms. The second-order valence-electron chi connectivity index (χ2n) is 10.2. The Kier molecular flexibility index (Phi) is 5.44. The third-order valence-corrected chi connectivity index (χ3v) is 7.59. The molecular formula is C26H30F2N2O2. The van der Waals surface area contributed by atoms with Crippen LogP contribution in [0.4, 0.5) is 13.6 Å². The molecule has 2 atom stereocenters. The molecule has 0 aromatic heterocycles. The Morgan fingerprint density at radius 1 is 1.06 bits per heavy atom. The zero-order valence-corrected chi connectivity index (χ0v) is 18.7. The van der Waals surface area contributed by atoms with Crippen molar-refractivity contribution in [1.82, 2.24) is 10.2 Å². The van der Waals surface area contributed by atoms with E-state index >= 15 is 0 Å². The normalized spacial score (nSPS) is 28.1. The van der Waals surface area contributed by atoms with Crippen LogP contribution in [-0.2, 0) is 11.2 Å². The van der Waals surface area contributed by atoms with Gasteiger partial charge >= 0.3 is 6.09 Å². The summed E-state index contributed by atoms with van der Waals surface area (Å²) in [4.78, 5) is 15.3. The van der Waals surface area contributed by atoms with Crippen LogP contribution < -0.4 is 5.32 Å². The molecule has 4 aliphatic rings. The number of nitrogens with zero attached hydrogens (tertiary/aromatic N) is 1. The zero-order chi connectivity index (χ0) is 22.5. The Bertz CT molecular complexity index is 1010. The third kappa shape index (κ3) is 4.13. The van der Waals surface area contributed by atoms with Crippen LogP contribution in [0.1, 0.15) is 50.3 Å². The summed E-state index contributed by atoms with van der Waals surface area (Å²) in [5.41, 5.74) is 3.30. The maximum atomic E-state index is 13.7. The molecule has 6 rings (SSSR count). The van der Waals surface area contributed by atoms with Gasteiger partial charge in [-0.15, -0.1) is 0 Å². The molecule has 1 unspecified atom stereocenters. The van der Waals surface area contributed by atoms with E-state index in [1.807, 2.05) is 18.2 Å². The minimum absolute atomic E-state index is 0.0334. The number of carbonyl (C=O) groups excluding carboxylic acids is 1. The number of ether oxygens (including phenoxy) is 1. The molecule has 3 saturated heterocycles. The predicted octanol–water partition coefficient (Wildman–Crippen LogP) is 5.47. The van der Waals surface area contributed by atoms with E-state index in [0.717, 1.165) is 68.1 Å². The van der Waals surface area contributed by atoms with Crippen LogP contribution in [-0.4, -0.2) is 36.7 Å². The molecule has 0 spiro atoms. The van der Waals surface area contributed by atoms with Gasteiger partial charge in [0.1, 0.15) is 17.7 Å². The lowest BCUT2D eigenvalue weighted by atomic mass is 9.70. The highest BCUT2D eigenvalue weighted by Gasteiger charge is 2.40. The fourth-order valence-corrected chi connectivity index (χ4v) is 5.63. The average molecular weight is 441 g/mol. The van der Waals surface area contributed by atoms with Crippen LogP contribution >= 0.6 is 0 Å². The number of carbonyl (C=O) groups is 1. The van der Waals surface area contributed by atoms with Gasteiger partial charge in [0.05, 0.1) is 6.04 Å². The number of fused-ring (bicyclic) bond motifs is 4. The van der Waals surface area contributed by atoms with E-state index in [9.17, 15) is 13.6 Å². The van der Waals surface area contributed by atoms with Crippen molar-refractivity contribution in [1.29, 1.82) is 0 Å². The molecule has 1 N–H and O–H groups in total. The summed E-state index contributed by atoms with van der Waals surface area (Å²) in [6, 6.07) is 9.24. The molecule has 170 valence electrons. The zero-order valence-electron chi connectivity index (χ0n) is 18.7. The van der Waals surface area contributed by atoms with Crippen molar-refractivity contribution in [3.05, 3.63) is 59.2 Å². The van der Waals surface area contributed by atoms with Crippen molar-refractivity contribution in [2.75, 3.05) is 19.6 Å². The number of nitrogens with one attached hydrogen (secondary N) is 1. The summed E-state index contributed by atoms with van der Waals surface area (Å²) in [5.74, 6) is -0.714. The second kappa shape index (κ2) is 8.14. The molecule has 1 aliphatic carbocycles. The number of hydrogen-bond acceptors (Lipinski definition) is 3. The SMILES string of the molecule is CC1(C)CCc2cc(-c3cc(F)cc(F)c3)ccc2C1NC(=O)O[C@H]1CN2CCC1CC2. The summed E-state index contributed by atoms with van der Waals surface area (Å²) < 4.78 is 33.3. The lowest BCUT2D eigenvalue weighted by molar-refractivity contribution is -0.0353.